The molecule has 0 saturated heterocycles. The fourth-order valence-corrected chi connectivity index (χ4v) is 5.20. The second-order valence-corrected chi connectivity index (χ2v) is 11.0. The highest BCUT2D eigenvalue weighted by Crippen LogP contribution is 2.33. The Hall–Kier alpha value is -4.63. The van der Waals surface area contributed by atoms with Gasteiger partial charge in [0, 0.05) is 41.1 Å². The summed E-state index contributed by atoms with van der Waals surface area (Å²) in [7, 11) is 4.09. The molecule has 6 rings (SSSR count). The lowest BCUT2D eigenvalue weighted by molar-refractivity contribution is 0.400. The number of imidazole rings is 1. The van der Waals surface area contributed by atoms with E-state index in [1.54, 1.807) is 18.3 Å². The van der Waals surface area contributed by atoms with Crippen molar-refractivity contribution >= 4 is 27.8 Å². The van der Waals surface area contributed by atoms with Crippen LogP contribution in [0.1, 0.15) is 25.8 Å². The van der Waals surface area contributed by atoms with Crippen LogP contribution in [0.25, 0.3) is 55.8 Å². The van der Waals surface area contributed by atoms with Crippen LogP contribution < -0.4 is 5.32 Å². The molecule has 3 N–H and O–H groups in total. The first-order valence-electron chi connectivity index (χ1n) is 13.8. The summed E-state index contributed by atoms with van der Waals surface area (Å²) in [6, 6.07) is 15.7. The molecule has 0 spiro atoms. The Labute approximate surface area is 238 Å². The summed E-state index contributed by atoms with van der Waals surface area (Å²) in [5.74, 6) is 0.347. The smallest absolute Gasteiger partial charge is 0.178 e. The molecule has 2 aromatic carbocycles. The third-order valence-electron chi connectivity index (χ3n) is 7.05. The van der Waals surface area contributed by atoms with Crippen molar-refractivity contribution < 1.29 is 4.39 Å². The Balaban J connectivity index is 1.37. The summed E-state index contributed by atoms with van der Waals surface area (Å²) in [4.78, 5) is 19.3. The molecule has 41 heavy (non-hydrogen) atoms. The summed E-state index contributed by atoms with van der Waals surface area (Å²) in [5.41, 5.74) is 8.51. The minimum Gasteiger partial charge on any atom is -0.382 e. The zero-order valence-electron chi connectivity index (χ0n) is 23.7. The minimum absolute atomic E-state index is 0.250. The SMILES string of the molecule is CC(C)Nc1cncc(-c2ccc3[nH]nc(-c4nc5nccc(-c6cc(F)cc(CCCN(C)C)c6)c5[nH]4)c3c2)c1. The number of anilines is 1. The number of nitrogens with one attached hydrogen (secondary N) is 3. The summed E-state index contributed by atoms with van der Waals surface area (Å²) < 4.78 is 14.7. The molecule has 0 atom stereocenters. The monoisotopic (exact) mass is 548 g/mol. The van der Waals surface area contributed by atoms with E-state index in [1.807, 2.05) is 38.6 Å². The number of aromatic nitrogens is 6. The topological polar surface area (TPSA) is 98.4 Å². The van der Waals surface area contributed by atoms with Gasteiger partial charge >= 0.3 is 0 Å². The molecule has 0 radical (unpaired) electrons. The number of hydrogen-bond acceptors (Lipinski definition) is 6. The van der Waals surface area contributed by atoms with Crippen molar-refractivity contribution in [2.75, 3.05) is 26.0 Å². The molecule has 0 aliphatic rings. The van der Waals surface area contributed by atoms with Gasteiger partial charge in [0.1, 0.15) is 11.5 Å². The third kappa shape index (κ3) is 5.67. The number of rotatable bonds is 9. The van der Waals surface area contributed by atoms with Crippen LogP contribution in [-0.2, 0) is 6.42 Å². The summed E-state index contributed by atoms with van der Waals surface area (Å²) in [6.07, 6.45) is 7.16. The van der Waals surface area contributed by atoms with Crippen LogP contribution in [-0.4, -0.2) is 61.7 Å². The van der Waals surface area contributed by atoms with E-state index < -0.39 is 0 Å². The first kappa shape index (κ1) is 26.6. The molecular weight excluding hydrogens is 515 g/mol. The van der Waals surface area contributed by atoms with Gasteiger partial charge in [-0.05, 0) is 100 Å². The first-order chi connectivity index (χ1) is 19.8. The predicted molar refractivity (Wildman–Crippen MR) is 163 cm³/mol. The highest BCUT2D eigenvalue weighted by atomic mass is 19.1. The van der Waals surface area contributed by atoms with Gasteiger partial charge in [-0.15, -0.1) is 0 Å². The fraction of sp³-hybridized carbons (Fsp3) is 0.250. The van der Waals surface area contributed by atoms with Crippen molar-refractivity contribution in [3.8, 4) is 33.8 Å². The quantitative estimate of drug-likeness (QED) is 0.186. The second-order valence-electron chi connectivity index (χ2n) is 11.0. The maximum atomic E-state index is 14.7. The van der Waals surface area contributed by atoms with Gasteiger partial charge in [-0.3, -0.25) is 10.1 Å². The number of fused-ring (bicyclic) bond motifs is 2. The lowest BCUT2D eigenvalue weighted by atomic mass is 10.0. The van der Waals surface area contributed by atoms with E-state index in [1.165, 1.54) is 0 Å². The normalized spacial score (nSPS) is 11.8. The third-order valence-corrected chi connectivity index (χ3v) is 7.05. The molecule has 0 saturated carbocycles. The molecule has 0 amide bonds. The van der Waals surface area contributed by atoms with E-state index in [9.17, 15) is 4.39 Å². The van der Waals surface area contributed by atoms with Crippen LogP contribution >= 0.6 is 0 Å². The molecule has 8 nitrogen and oxygen atoms in total. The number of aryl methyl sites for hydroxylation is 1. The molecule has 0 bridgehead atoms. The number of hydrogen-bond donors (Lipinski definition) is 3. The molecule has 6 aromatic rings. The Kier molecular flexibility index (Phi) is 7.19. The molecule has 0 fully saturated rings. The van der Waals surface area contributed by atoms with Gasteiger partial charge < -0.3 is 15.2 Å². The largest absolute Gasteiger partial charge is 0.382 e. The Morgan fingerprint density at radius 1 is 0.976 bits per heavy atom. The van der Waals surface area contributed by atoms with Gasteiger partial charge in [-0.2, -0.15) is 5.10 Å². The summed E-state index contributed by atoms with van der Waals surface area (Å²) in [5, 5.41) is 12.1. The van der Waals surface area contributed by atoms with Gasteiger partial charge in [-0.1, -0.05) is 12.1 Å². The number of aromatic amines is 2. The van der Waals surface area contributed by atoms with E-state index in [2.05, 4.69) is 73.5 Å². The number of H-pyrrole nitrogens is 2. The van der Waals surface area contributed by atoms with E-state index in [-0.39, 0.29) is 5.82 Å². The van der Waals surface area contributed by atoms with E-state index in [4.69, 9.17) is 4.98 Å². The average molecular weight is 549 g/mol. The summed E-state index contributed by atoms with van der Waals surface area (Å²) >= 11 is 0. The zero-order valence-corrected chi connectivity index (χ0v) is 23.7. The molecule has 4 aromatic heterocycles. The van der Waals surface area contributed by atoms with Crippen molar-refractivity contribution in [1.82, 2.24) is 35.0 Å². The average Bonchev–Trinajstić information content (AvgIpc) is 3.56. The molecule has 208 valence electrons. The number of benzene rings is 2. The second kappa shape index (κ2) is 11.1. The predicted octanol–water partition coefficient (Wildman–Crippen LogP) is 6.68. The maximum absolute atomic E-state index is 14.7. The molecule has 9 heteroatoms. The number of nitrogens with zero attached hydrogens (tertiary/aromatic N) is 5. The highest BCUT2D eigenvalue weighted by Gasteiger charge is 2.17. The highest BCUT2D eigenvalue weighted by molar-refractivity contribution is 5.97. The Morgan fingerprint density at radius 2 is 1.85 bits per heavy atom. The molecule has 4 heterocycles. The van der Waals surface area contributed by atoms with Crippen LogP contribution in [0.4, 0.5) is 10.1 Å². The first-order valence-corrected chi connectivity index (χ1v) is 13.8. The van der Waals surface area contributed by atoms with Crippen molar-refractivity contribution in [2.24, 2.45) is 0 Å². The van der Waals surface area contributed by atoms with E-state index in [0.717, 1.165) is 69.3 Å². The van der Waals surface area contributed by atoms with Crippen LogP contribution in [0.15, 0.2) is 67.1 Å². The van der Waals surface area contributed by atoms with Gasteiger partial charge in [-0.25, -0.2) is 14.4 Å². The lowest BCUT2D eigenvalue weighted by Gasteiger charge is -2.11. The number of halogens is 1. The van der Waals surface area contributed by atoms with Crippen molar-refractivity contribution in [1.29, 1.82) is 0 Å². The van der Waals surface area contributed by atoms with Crippen LogP contribution in [0.3, 0.4) is 0 Å². The molecule has 0 unspecified atom stereocenters. The fourth-order valence-electron chi connectivity index (χ4n) is 5.20. The maximum Gasteiger partial charge on any atom is 0.178 e. The van der Waals surface area contributed by atoms with Gasteiger partial charge in [0.05, 0.1) is 16.7 Å². The summed E-state index contributed by atoms with van der Waals surface area (Å²) in [6.45, 7) is 5.15. The van der Waals surface area contributed by atoms with Crippen molar-refractivity contribution in [3.05, 3.63) is 78.5 Å². The van der Waals surface area contributed by atoms with E-state index in [0.29, 0.717) is 23.2 Å². The van der Waals surface area contributed by atoms with Crippen LogP contribution in [0, 0.1) is 5.82 Å². The molecular formula is C32H33FN8. The zero-order chi connectivity index (χ0) is 28.5. The lowest BCUT2D eigenvalue weighted by Crippen LogP contribution is -2.13. The van der Waals surface area contributed by atoms with Crippen LogP contribution in [0.2, 0.25) is 0 Å². The van der Waals surface area contributed by atoms with Crippen molar-refractivity contribution in [2.45, 2.75) is 32.7 Å². The van der Waals surface area contributed by atoms with E-state index >= 15 is 0 Å². The molecule has 0 aliphatic heterocycles. The van der Waals surface area contributed by atoms with Crippen molar-refractivity contribution in [3.63, 3.8) is 0 Å². The minimum atomic E-state index is -0.250. The Bertz CT molecular complexity index is 1840. The standard InChI is InChI=1S/C32H33FN8/c1-19(2)36-25-15-23(17-34-18-25)21-7-8-28-27(16-21)30(40-39-28)32-37-29-26(9-10-35-31(29)38-32)22-12-20(13-24(33)14-22)6-5-11-41(3)4/h7-10,12-19,36H,5-6,11H2,1-4H3,(H,39,40)(H,35,37,38). The molecule has 0 aliphatic carbocycles. The number of pyridine rings is 2. The van der Waals surface area contributed by atoms with Gasteiger partial charge in [0.25, 0.3) is 0 Å². The van der Waals surface area contributed by atoms with Gasteiger partial charge in [0.2, 0.25) is 0 Å². The van der Waals surface area contributed by atoms with Crippen LogP contribution in [0.5, 0.6) is 0 Å². The van der Waals surface area contributed by atoms with Gasteiger partial charge in [0.15, 0.2) is 11.5 Å². The Morgan fingerprint density at radius 3 is 2.68 bits per heavy atom.